The molecule has 0 bridgehead atoms. The third-order valence-corrected chi connectivity index (χ3v) is 2.60. The summed E-state index contributed by atoms with van der Waals surface area (Å²) in [6, 6.07) is 13.6. The van der Waals surface area contributed by atoms with Crippen molar-refractivity contribution in [3.8, 4) is 12.3 Å². The molecule has 0 heterocycles. The summed E-state index contributed by atoms with van der Waals surface area (Å²) in [5, 5.41) is 5.94. The van der Waals surface area contributed by atoms with E-state index in [4.69, 9.17) is 18.0 Å². The molecule has 0 atom stereocenters. The van der Waals surface area contributed by atoms with Gasteiger partial charge in [-0.2, -0.15) is 0 Å². The third kappa shape index (κ3) is 3.77. The highest BCUT2D eigenvalue weighted by Gasteiger charge is 2.03. The van der Waals surface area contributed by atoms with Crippen molar-refractivity contribution < 1.29 is 4.79 Å². The van der Waals surface area contributed by atoms with E-state index in [1.165, 1.54) is 0 Å². The van der Waals surface area contributed by atoms with E-state index in [-0.39, 0.29) is 6.03 Å². The van der Waals surface area contributed by atoms with Gasteiger partial charge in [-0.05, 0) is 36.4 Å². The van der Waals surface area contributed by atoms with Crippen molar-refractivity contribution in [3.05, 3.63) is 59.1 Å². The zero-order chi connectivity index (χ0) is 13.7. The van der Waals surface area contributed by atoms with Gasteiger partial charge in [0.15, 0.2) is 0 Å². The van der Waals surface area contributed by atoms with Crippen LogP contribution >= 0.6 is 11.6 Å². The van der Waals surface area contributed by atoms with Gasteiger partial charge in [0.25, 0.3) is 0 Å². The van der Waals surface area contributed by atoms with Crippen molar-refractivity contribution >= 4 is 29.0 Å². The molecule has 19 heavy (non-hydrogen) atoms. The Kier molecular flexibility index (Phi) is 4.07. The fourth-order valence-corrected chi connectivity index (χ4v) is 1.74. The van der Waals surface area contributed by atoms with Gasteiger partial charge in [-0.25, -0.2) is 4.79 Å². The molecule has 0 radical (unpaired) electrons. The minimum Gasteiger partial charge on any atom is -0.308 e. The Morgan fingerprint density at radius 3 is 2.32 bits per heavy atom. The standard InChI is InChI=1S/C15H11ClN2O/c1-2-11-5-3-7-13(9-11)17-15(19)18-14-8-4-6-12(16)10-14/h1,3-10H,(H2,17,18,19). The van der Waals surface area contributed by atoms with Crippen LogP contribution in [0.15, 0.2) is 48.5 Å². The van der Waals surface area contributed by atoms with Crippen molar-refractivity contribution in [2.45, 2.75) is 0 Å². The second-order valence-corrected chi connectivity index (χ2v) is 4.25. The second-order valence-electron chi connectivity index (χ2n) is 3.81. The average Bonchev–Trinajstić information content (AvgIpc) is 2.38. The maximum absolute atomic E-state index is 11.8. The van der Waals surface area contributed by atoms with Crippen LogP contribution in [0, 0.1) is 12.3 Å². The third-order valence-electron chi connectivity index (χ3n) is 2.37. The number of hydrogen-bond donors (Lipinski definition) is 2. The molecule has 0 unspecified atom stereocenters. The molecule has 2 amide bonds. The van der Waals surface area contributed by atoms with Crippen LogP contribution in [0.1, 0.15) is 5.56 Å². The van der Waals surface area contributed by atoms with Crippen molar-refractivity contribution in [1.29, 1.82) is 0 Å². The van der Waals surface area contributed by atoms with Gasteiger partial charge >= 0.3 is 6.03 Å². The number of rotatable bonds is 2. The maximum atomic E-state index is 11.8. The number of hydrogen-bond acceptors (Lipinski definition) is 1. The molecule has 0 saturated carbocycles. The SMILES string of the molecule is C#Cc1cccc(NC(=O)Nc2cccc(Cl)c2)c1. The van der Waals surface area contributed by atoms with E-state index < -0.39 is 0 Å². The zero-order valence-electron chi connectivity index (χ0n) is 9.98. The Balaban J connectivity index is 2.03. The number of carbonyl (C=O) groups excluding carboxylic acids is 1. The van der Waals surface area contributed by atoms with Crippen LogP contribution in [0.4, 0.5) is 16.2 Å². The highest BCUT2D eigenvalue weighted by atomic mass is 35.5. The fourth-order valence-electron chi connectivity index (χ4n) is 1.55. The number of benzene rings is 2. The summed E-state index contributed by atoms with van der Waals surface area (Å²) in [7, 11) is 0. The van der Waals surface area contributed by atoms with E-state index in [9.17, 15) is 4.79 Å². The second kappa shape index (κ2) is 5.94. The molecule has 2 aromatic carbocycles. The molecule has 2 rings (SSSR count). The minimum atomic E-state index is -0.351. The molecular formula is C15H11ClN2O. The zero-order valence-corrected chi connectivity index (χ0v) is 10.7. The number of urea groups is 1. The Morgan fingerprint density at radius 1 is 1.05 bits per heavy atom. The molecule has 0 fully saturated rings. The summed E-state index contributed by atoms with van der Waals surface area (Å²) in [4.78, 5) is 11.8. The molecule has 0 saturated heterocycles. The number of terminal acetylenes is 1. The highest BCUT2D eigenvalue weighted by molar-refractivity contribution is 6.30. The van der Waals surface area contributed by atoms with Crippen LogP contribution in [-0.4, -0.2) is 6.03 Å². The predicted molar refractivity (Wildman–Crippen MR) is 78.5 cm³/mol. The smallest absolute Gasteiger partial charge is 0.308 e. The van der Waals surface area contributed by atoms with Crippen LogP contribution in [0.25, 0.3) is 0 Å². The van der Waals surface area contributed by atoms with Crippen LogP contribution in [0.3, 0.4) is 0 Å². The summed E-state index contributed by atoms with van der Waals surface area (Å²) >= 11 is 5.83. The maximum Gasteiger partial charge on any atom is 0.323 e. The Labute approximate surface area is 116 Å². The van der Waals surface area contributed by atoms with E-state index in [0.29, 0.717) is 22.0 Å². The van der Waals surface area contributed by atoms with E-state index in [0.717, 1.165) is 0 Å². The summed E-state index contributed by atoms with van der Waals surface area (Å²) < 4.78 is 0. The first-order valence-corrected chi connectivity index (χ1v) is 5.95. The number of amides is 2. The molecule has 0 aromatic heterocycles. The van der Waals surface area contributed by atoms with Gasteiger partial charge in [0.05, 0.1) is 0 Å². The topological polar surface area (TPSA) is 41.1 Å². The van der Waals surface area contributed by atoms with Crippen LogP contribution in [0.5, 0.6) is 0 Å². The van der Waals surface area contributed by atoms with Gasteiger partial charge in [0.1, 0.15) is 0 Å². The molecule has 94 valence electrons. The van der Waals surface area contributed by atoms with Gasteiger partial charge in [0.2, 0.25) is 0 Å². The van der Waals surface area contributed by atoms with Gasteiger partial charge in [-0.15, -0.1) is 6.42 Å². The van der Waals surface area contributed by atoms with Gasteiger partial charge < -0.3 is 10.6 Å². The van der Waals surface area contributed by atoms with Crippen molar-refractivity contribution in [2.24, 2.45) is 0 Å². The van der Waals surface area contributed by atoms with Crippen molar-refractivity contribution in [3.63, 3.8) is 0 Å². The fraction of sp³-hybridized carbons (Fsp3) is 0. The normalized spacial score (nSPS) is 9.47. The molecule has 2 N–H and O–H groups in total. The molecule has 4 heteroatoms. The molecule has 0 aliphatic rings. The first-order chi connectivity index (χ1) is 9.17. The van der Waals surface area contributed by atoms with Crippen molar-refractivity contribution in [1.82, 2.24) is 0 Å². The average molecular weight is 271 g/mol. The Morgan fingerprint density at radius 2 is 1.68 bits per heavy atom. The molecule has 2 aromatic rings. The summed E-state index contributed by atoms with van der Waals surface area (Å²) in [5.41, 5.74) is 1.97. The van der Waals surface area contributed by atoms with Crippen LogP contribution in [-0.2, 0) is 0 Å². The molecule has 3 nitrogen and oxygen atoms in total. The lowest BCUT2D eigenvalue weighted by Crippen LogP contribution is -2.19. The van der Waals surface area contributed by atoms with Gasteiger partial charge in [0, 0.05) is 22.0 Å². The van der Waals surface area contributed by atoms with E-state index in [2.05, 4.69) is 16.6 Å². The highest BCUT2D eigenvalue weighted by Crippen LogP contribution is 2.15. The quantitative estimate of drug-likeness (QED) is 0.797. The molecule has 0 aliphatic heterocycles. The number of carbonyl (C=O) groups is 1. The molecule has 0 spiro atoms. The number of anilines is 2. The molecule has 0 aliphatic carbocycles. The van der Waals surface area contributed by atoms with E-state index >= 15 is 0 Å². The summed E-state index contributed by atoms with van der Waals surface area (Å²) in [6.07, 6.45) is 5.30. The largest absolute Gasteiger partial charge is 0.323 e. The van der Waals surface area contributed by atoms with E-state index in [1.54, 1.807) is 48.5 Å². The Hall–Kier alpha value is -2.44. The lowest BCUT2D eigenvalue weighted by atomic mass is 10.2. The van der Waals surface area contributed by atoms with Crippen molar-refractivity contribution in [2.75, 3.05) is 10.6 Å². The van der Waals surface area contributed by atoms with Crippen LogP contribution < -0.4 is 10.6 Å². The minimum absolute atomic E-state index is 0.351. The lowest BCUT2D eigenvalue weighted by Gasteiger charge is -2.08. The number of nitrogens with one attached hydrogen (secondary N) is 2. The van der Waals surface area contributed by atoms with Gasteiger partial charge in [-0.1, -0.05) is 29.7 Å². The summed E-state index contributed by atoms with van der Waals surface area (Å²) in [5.74, 6) is 2.51. The predicted octanol–water partition coefficient (Wildman–Crippen LogP) is 3.97. The molecular weight excluding hydrogens is 260 g/mol. The number of halogens is 1. The first kappa shape index (κ1) is 13.0. The van der Waals surface area contributed by atoms with Gasteiger partial charge in [-0.3, -0.25) is 0 Å². The van der Waals surface area contributed by atoms with Crippen LogP contribution in [0.2, 0.25) is 5.02 Å². The summed E-state index contributed by atoms with van der Waals surface area (Å²) in [6.45, 7) is 0. The lowest BCUT2D eigenvalue weighted by molar-refractivity contribution is 0.262. The van der Waals surface area contributed by atoms with E-state index in [1.807, 2.05) is 0 Å². The monoisotopic (exact) mass is 270 g/mol. The Bertz CT molecular complexity index is 647. The first-order valence-electron chi connectivity index (χ1n) is 5.57.